The van der Waals surface area contributed by atoms with E-state index in [1.807, 2.05) is 31.2 Å². The Morgan fingerprint density at radius 1 is 1.14 bits per heavy atom. The number of rotatable bonds is 6. The van der Waals surface area contributed by atoms with Gasteiger partial charge >= 0.3 is 0 Å². The molecule has 0 spiro atoms. The van der Waals surface area contributed by atoms with Gasteiger partial charge in [-0.25, -0.2) is 4.98 Å². The van der Waals surface area contributed by atoms with E-state index in [1.165, 1.54) is 0 Å². The fourth-order valence-corrected chi connectivity index (χ4v) is 2.12. The molecule has 0 atom stereocenters. The van der Waals surface area contributed by atoms with E-state index >= 15 is 0 Å². The smallest absolute Gasteiger partial charge is 0.220 e. The van der Waals surface area contributed by atoms with Crippen LogP contribution in [0, 0.1) is 6.92 Å². The number of aliphatic hydroxyl groups is 1. The van der Waals surface area contributed by atoms with Gasteiger partial charge in [-0.1, -0.05) is 19.4 Å². The minimum atomic E-state index is -0.0272. The fourth-order valence-electron chi connectivity index (χ4n) is 2.12. The van der Waals surface area contributed by atoms with Crippen LogP contribution in [0.4, 0.5) is 0 Å². The zero-order chi connectivity index (χ0) is 15.2. The summed E-state index contributed by atoms with van der Waals surface area (Å²) in [4.78, 5) is 4.48. The number of methoxy groups -OCH3 is 1. The van der Waals surface area contributed by atoms with E-state index < -0.39 is 0 Å². The molecule has 2 aromatic rings. The lowest BCUT2D eigenvalue weighted by Gasteiger charge is -2.12. The van der Waals surface area contributed by atoms with Crippen molar-refractivity contribution in [3.8, 4) is 17.4 Å². The molecule has 4 nitrogen and oxygen atoms in total. The third-order valence-corrected chi connectivity index (χ3v) is 3.14. The summed E-state index contributed by atoms with van der Waals surface area (Å²) in [5.74, 6) is 1.77. The lowest BCUT2D eigenvalue weighted by molar-refractivity contribution is 0.280. The Morgan fingerprint density at radius 2 is 1.95 bits per heavy atom. The van der Waals surface area contributed by atoms with Crippen molar-refractivity contribution >= 4 is 0 Å². The zero-order valence-electron chi connectivity index (χ0n) is 12.7. The molecule has 0 amide bonds. The van der Waals surface area contributed by atoms with Crippen LogP contribution in [0.3, 0.4) is 0 Å². The van der Waals surface area contributed by atoms with Gasteiger partial charge in [0, 0.05) is 11.8 Å². The standard InChI is InChI=1S/C17H21NO3/c1-4-5-14-9-13(11-19)10-17(18-14)21-15-7-6-12(2)8-16(15)20-3/h6-10,19H,4-5,11H2,1-3H3. The number of nitrogens with zero attached hydrogens (tertiary/aromatic N) is 1. The van der Waals surface area contributed by atoms with Crippen LogP contribution >= 0.6 is 0 Å². The molecule has 0 radical (unpaired) electrons. The van der Waals surface area contributed by atoms with Crippen molar-refractivity contribution in [1.82, 2.24) is 4.98 Å². The van der Waals surface area contributed by atoms with Crippen LogP contribution in [0.25, 0.3) is 0 Å². The normalized spacial score (nSPS) is 10.5. The first-order valence-corrected chi connectivity index (χ1v) is 7.09. The Morgan fingerprint density at radius 3 is 2.62 bits per heavy atom. The van der Waals surface area contributed by atoms with Crippen molar-refractivity contribution in [3.05, 3.63) is 47.2 Å². The lowest BCUT2D eigenvalue weighted by Crippen LogP contribution is -1.98. The molecule has 21 heavy (non-hydrogen) atoms. The highest BCUT2D eigenvalue weighted by atomic mass is 16.5. The Kier molecular flexibility index (Phi) is 5.17. The van der Waals surface area contributed by atoms with Crippen LogP contribution in [0.15, 0.2) is 30.3 Å². The molecule has 112 valence electrons. The van der Waals surface area contributed by atoms with E-state index in [0.717, 1.165) is 29.7 Å². The van der Waals surface area contributed by atoms with Gasteiger partial charge in [-0.3, -0.25) is 0 Å². The van der Waals surface area contributed by atoms with E-state index in [0.29, 0.717) is 17.4 Å². The predicted octanol–water partition coefficient (Wildman–Crippen LogP) is 3.64. The molecular formula is C17H21NO3. The largest absolute Gasteiger partial charge is 0.493 e. The van der Waals surface area contributed by atoms with Crippen LogP contribution in [0.2, 0.25) is 0 Å². The maximum Gasteiger partial charge on any atom is 0.220 e. The molecule has 1 aromatic heterocycles. The molecule has 0 aliphatic heterocycles. The van der Waals surface area contributed by atoms with Crippen molar-refractivity contribution < 1.29 is 14.6 Å². The second-order valence-electron chi connectivity index (χ2n) is 4.97. The number of hydrogen-bond donors (Lipinski definition) is 1. The second kappa shape index (κ2) is 7.09. The van der Waals surface area contributed by atoms with E-state index in [1.54, 1.807) is 13.2 Å². The van der Waals surface area contributed by atoms with Crippen LogP contribution in [-0.2, 0) is 13.0 Å². The zero-order valence-corrected chi connectivity index (χ0v) is 12.7. The third-order valence-electron chi connectivity index (χ3n) is 3.14. The maximum atomic E-state index is 9.35. The highest BCUT2D eigenvalue weighted by molar-refractivity contribution is 5.44. The van der Waals surface area contributed by atoms with Crippen molar-refractivity contribution in [2.24, 2.45) is 0 Å². The van der Waals surface area contributed by atoms with Crippen LogP contribution in [0.5, 0.6) is 17.4 Å². The molecular weight excluding hydrogens is 266 g/mol. The summed E-state index contributed by atoms with van der Waals surface area (Å²) in [6.45, 7) is 4.06. The number of pyridine rings is 1. The summed E-state index contributed by atoms with van der Waals surface area (Å²) < 4.78 is 11.2. The Labute approximate surface area is 125 Å². The minimum Gasteiger partial charge on any atom is -0.493 e. The average molecular weight is 287 g/mol. The van der Waals surface area contributed by atoms with Crippen molar-refractivity contribution in [1.29, 1.82) is 0 Å². The molecule has 0 aliphatic carbocycles. The first-order valence-electron chi connectivity index (χ1n) is 7.09. The summed E-state index contributed by atoms with van der Waals surface area (Å²) in [6, 6.07) is 9.39. The van der Waals surface area contributed by atoms with E-state index in [9.17, 15) is 5.11 Å². The van der Waals surface area contributed by atoms with Gasteiger partial charge in [-0.2, -0.15) is 0 Å². The molecule has 1 N–H and O–H groups in total. The van der Waals surface area contributed by atoms with Crippen molar-refractivity contribution in [2.75, 3.05) is 7.11 Å². The van der Waals surface area contributed by atoms with E-state index in [4.69, 9.17) is 9.47 Å². The summed E-state index contributed by atoms with van der Waals surface area (Å²) in [5.41, 5.74) is 2.82. The summed E-state index contributed by atoms with van der Waals surface area (Å²) in [7, 11) is 1.61. The number of aliphatic hydroxyl groups excluding tert-OH is 1. The summed E-state index contributed by atoms with van der Waals surface area (Å²) in [5, 5.41) is 9.35. The Bertz CT molecular complexity index is 611. The highest BCUT2D eigenvalue weighted by Gasteiger charge is 2.09. The number of ether oxygens (including phenoxy) is 2. The van der Waals surface area contributed by atoms with E-state index in [2.05, 4.69) is 11.9 Å². The van der Waals surface area contributed by atoms with Gasteiger partial charge in [-0.05, 0) is 42.7 Å². The topological polar surface area (TPSA) is 51.6 Å². The SMILES string of the molecule is CCCc1cc(CO)cc(Oc2ccc(C)cc2OC)n1. The Balaban J connectivity index is 2.32. The van der Waals surface area contributed by atoms with Gasteiger partial charge in [-0.15, -0.1) is 0 Å². The van der Waals surface area contributed by atoms with Gasteiger partial charge in [0.1, 0.15) is 0 Å². The monoisotopic (exact) mass is 287 g/mol. The molecule has 0 aliphatic rings. The lowest BCUT2D eigenvalue weighted by atomic mass is 10.2. The van der Waals surface area contributed by atoms with Gasteiger partial charge in [0.15, 0.2) is 11.5 Å². The Hall–Kier alpha value is -2.07. The third kappa shape index (κ3) is 3.95. The molecule has 0 saturated heterocycles. The summed E-state index contributed by atoms with van der Waals surface area (Å²) >= 11 is 0. The molecule has 1 aromatic carbocycles. The molecule has 1 heterocycles. The minimum absolute atomic E-state index is 0.0272. The molecule has 0 unspecified atom stereocenters. The quantitative estimate of drug-likeness (QED) is 0.881. The van der Waals surface area contributed by atoms with Gasteiger partial charge < -0.3 is 14.6 Å². The predicted molar refractivity (Wildman–Crippen MR) is 82.0 cm³/mol. The van der Waals surface area contributed by atoms with E-state index in [-0.39, 0.29) is 6.61 Å². The first kappa shape index (κ1) is 15.3. The molecule has 2 rings (SSSR count). The van der Waals surface area contributed by atoms with Crippen LogP contribution in [0.1, 0.15) is 30.2 Å². The van der Waals surface area contributed by atoms with Gasteiger partial charge in [0.25, 0.3) is 0 Å². The average Bonchev–Trinajstić information content (AvgIpc) is 2.49. The van der Waals surface area contributed by atoms with Crippen molar-refractivity contribution in [2.45, 2.75) is 33.3 Å². The van der Waals surface area contributed by atoms with Gasteiger partial charge in [0.05, 0.1) is 13.7 Å². The first-order chi connectivity index (χ1) is 10.2. The molecule has 0 fully saturated rings. The summed E-state index contributed by atoms with van der Waals surface area (Å²) in [6.07, 6.45) is 1.85. The van der Waals surface area contributed by atoms with Crippen molar-refractivity contribution in [3.63, 3.8) is 0 Å². The molecule has 0 bridgehead atoms. The maximum absolute atomic E-state index is 9.35. The second-order valence-corrected chi connectivity index (χ2v) is 4.97. The number of aromatic nitrogens is 1. The number of aryl methyl sites for hydroxylation is 2. The molecule has 0 saturated carbocycles. The fraction of sp³-hybridized carbons (Fsp3) is 0.353. The van der Waals surface area contributed by atoms with Crippen LogP contribution < -0.4 is 9.47 Å². The van der Waals surface area contributed by atoms with Crippen LogP contribution in [-0.4, -0.2) is 17.2 Å². The highest BCUT2D eigenvalue weighted by Crippen LogP contribution is 2.32. The number of hydrogen-bond acceptors (Lipinski definition) is 4. The molecule has 4 heteroatoms. The van der Waals surface area contributed by atoms with Gasteiger partial charge in [0.2, 0.25) is 5.88 Å². The number of benzene rings is 1.